The monoisotopic (exact) mass is 265 g/mol. The first kappa shape index (κ1) is 15.5. The molecule has 0 aromatic heterocycles. The first-order valence-electron chi connectivity index (χ1n) is 6.52. The van der Waals surface area contributed by atoms with E-state index >= 15 is 0 Å². The van der Waals surface area contributed by atoms with Crippen molar-refractivity contribution < 1.29 is 14.3 Å². The van der Waals surface area contributed by atoms with Crippen molar-refractivity contribution in [1.29, 1.82) is 0 Å². The molecule has 1 unspecified atom stereocenters. The summed E-state index contributed by atoms with van der Waals surface area (Å²) >= 11 is 0. The highest BCUT2D eigenvalue weighted by Gasteiger charge is 2.28. The zero-order valence-corrected chi connectivity index (χ0v) is 11.9. The molecule has 19 heavy (non-hydrogen) atoms. The SMILES string of the molecule is COC(=O)C(C)(N)CCCCOc1cccc(C)c1. The van der Waals surface area contributed by atoms with E-state index in [2.05, 4.69) is 4.74 Å². The van der Waals surface area contributed by atoms with Crippen LogP contribution in [0.1, 0.15) is 31.7 Å². The molecule has 0 radical (unpaired) electrons. The van der Waals surface area contributed by atoms with Gasteiger partial charge in [0.05, 0.1) is 13.7 Å². The van der Waals surface area contributed by atoms with Crippen LogP contribution in [0.25, 0.3) is 0 Å². The Bertz CT molecular complexity index is 416. The molecule has 106 valence electrons. The quantitative estimate of drug-likeness (QED) is 0.607. The summed E-state index contributed by atoms with van der Waals surface area (Å²) < 4.78 is 10.3. The van der Waals surface area contributed by atoms with Crippen molar-refractivity contribution in [2.75, 3.05) is 13.7 Å². The Balaban J connectivity index is 2.23. The predicted molar refractivity (Wildman–Crippen MR) is 75.1 cm³/mol. The summed E-state index contributed by atoms with van der Waals surface area (Å²) in [5.74, 6) is 0.510. The van der Waals surface area contributed by atoms with Crippen LogP contribution >= 0.6 is 0 Å². The average molecular weight is 265 g/mol. The minimum absolute atomic E-state index is 0.368. The molecule has 0 aliphatic carbocycles. The van der Waals surface area contributed by atoms with E-state index in [0.717, 1.165) is 18.6 Å². The fourth-order valence-electron chi connectivity index (χ4n) is 1.82. The molecule has 0 fully saturated rings. The number of benzene rings is 1. The van der Waals surface area contributed by atoms with Crippen LogP contribution in [0.4, 0.5) is 0 Å². The fraction of sp³-hybridized carbons (Fsp3) is 0.533. The standard InChI is InChI=1S/C15H23NO3/c1-12-7-6-8-13(11-12)19-10-5-4-9-15(2,16)14(17)18-3/h6-8,11H,4-5,9-10,16H2,1-3H3. The second-order valence-electron chi connectivity index (χ2n) is 5.03. The number of nitrogens with two attached hydrogens (primary N) is 1. The van der Waals surface area contributed by atoms with Crippen LogP contribution in [0, 0.1) is 6.92 Å². The Morgan fingerprint density at radius 3 is 2.74 bits per heavy atom. The van der Waals surface area contributed by atoms with Crippen LogP contribution in [0.5, 0.6) is 5.75 Å². The van der Waals surface area contributed by atoms with E-state index in [-0.39, 0.29) is 5.97 Å². The second kappa shape index (κ2) is 7.14. The number of unbranched alkanes of at least 4 members (excludes halogenated alkanes) is 1. The van der Waals surface area contributed by atoms with Crippen LogP contribution in [-0.2, 0) is 9.53 Å². The van der Waals surface area contributed by atoms with Crippen molar-refractivity contribution in [2.45, 2.75) is 38.6 Å². The van der Waals surface area contributed by atoms with Gasteiger partial charge in [-0.3, -0.25) is 4.79 Å². The van der Waals surface area contributed by atoms with Crippen LogP contribution < -0.4 is 10.5 Å². The van der Waals surface area contributed by atoms with E-state index in [1.807, 2.05) is 31.2 Å². The van der Waals surface area contributed by atoms with E-state index in [1.54, 1.807) is 6.92 Å². The zero-order valence-electron chi connectivity index (χ0n) is 11.9. The molecule has 0 bridgehead atoms. The smallest absolute Gasteiger partial charge is 0.325 e. The molecule has 0 heterocycles. The summed E-state index contributed by atoms with van der Waals surface area (Å²) in [7, 11) is 1.36. The fourth-order valence-corrected chi connectivity index (χ4v) is 1.82. The van der Waals surface area contributed by atoms with E-state index < -0.39 is 5.54 Å². The molecule has 0 amide bonds. The number of esters is 1. The molecule has 0 saturated carbocycles. The largest absolute Gasteiger partial charge is 0.494 e. The highest BCUT2D eigenvalue weighted by atomic mass is 16.5. The van der Waals surface area contributed by atoms with Crippen molar-refractivity contribution in [2.24, 2.45) is 5.73 Å². The molecule has 0 aliphatic heterocycles. The maximum atomic E-state index is 11.4. The van der Waals surface area contributed by atoms with Gasteiger partial charge in [-0.15, -0.1) is 0 Å². The molecule has 4 nitrogen and oxygen atoms in total. The Kier molecular flexibility index (Phi) is 5.83. The molecule has 1 rings (SSSR count). The number of ether oxygens (including phenoxy) is 2. The first-order chi connectivity index (χ1) is 8.95. The summed E-state index contributed by atoms with van der Waals surface area (Å²) in [5, 5.41) is 0. The molecule has 4 heteroatoms. The summed E-state index contributed by atoms with van der Waals surface area (Å²) in [6.07, 6.45) is 2.28. The van der Waals surface area contributed by atoms with Crippen LogP contribution in [0.15, 0.2) is 24.3 Å². The number of methoxy groups -OCH3 is 1. The molecule has 1 aromatic carbocycles. The summed E-state index contributed by atoms with van der Waals surface area (Å²) in [6, 6.07) is 7.94. The molecule has 2 N–H and O–H groups in total. The minimum atomic E-state index is -0.905. The minimum Gasteiger partial charge on any atom is -0.494 e. The third-order valence-corrected chi connectivity index (χ3v) is 3.00. The molecular weight excluding hydrogens is 242 g/mol. The predicted octanol–water partition coefficient (Wildman–Crippen LogP) is 2.43. The zero-order chi connectivity index (χ0) is 14.3. The van der Waals surface area contributed by atoms with Gasteiger partial charge in [-0.2, -0.15) is 0 Å². The molecule has 0 spiro atoms. The van der Waals surface area contributed by atoms with E-state index in [9.17, 15) is 4.79 Å². The Morgan fingerprint density at radius 1 is 1.37 bits per heavy atom. The van der Waals surface area contributed by atoms with E-state index in [4.69, 9.17) is 10.5 Å². The van der Waals surface area contributed by atoms with Gasteiger partial charge in [0.1, 0.15) is 11.3 Å². The van der Waals surface area contributed by atoms with Gasteiger partial charge in [0.2, 0.25) is 0 Å². The third-order valence-electron chi connectivity index (χ3n) is 3.00. The molecule has 1 atom stereocenters. The van der Waals surface area contributed by atoms with Crippen LogP contribution in [0.2, 0.25) is 0 Å². The van der Waals surface area contributed by atoms with Gasteiger partial charge in [0, 0.05) is 0 Å². The lowest BCUT2D eigenvalue weighted by molar-refractivity contribution is -0.146. The van der Waals surface area contributed by atoms with Crippen molar-refractivity contribution in [1.82, 2.24) is 0 Å². The summed E-state index contributed by atoms with van der Waals surface area (Å²) in [6.45, 7) is 4.35. The van der Waals surface area contributed by atoms with Crippen LogP contribution in [-0.4, -0.2) is 25.2 Å². The number of aryl methyl sites for hydroxylation is 1. The Morgan fingerprint density at radius 2 is 2.11 bits per heavy atom. The first-order valence-corrected chi connectivity index (χ1v) is 6.52. The number of hydrogen-bond donors (Lipinski definition) is 1. The number of carbonyl (C=O) groups excluding carboxylic acids is 1. The molecular formula is C15H23NO3. The highest BCUT2D eigenvalue weighted by molar-refractivity contribution is 5.79. The van der Waals surface area contributed by atoms with Gasteiger partial charge in [0.25, 0.3) is 0 Å². The normalized spacial score (nSPS) is 13.7. The van der Waals surface area contributed by atoms with Gasteiger partial charge >= 0.3 is 5.97 Å². The van der Waals surface area contributed by atoms with Crippen molar-refractivity contribution in [3.8, 4) is 5.75 Å². The van der Waals surface area contributed by atoms with E-state index in [0.29, 0.717) is 13.0 Å². The van der Waals surface area contributed by atoms with Gasteiger partial charge in [-0.1, -0.05) is 12.1 Å². The molecule has 0 saturated heterocycles. The summed E-state index contributed by atoms with van der Waals surface area (Å²) in [4.78, 5) is 11.4. The number of rotatable bonds is 7. The van der Waals surface area contributed by atoms with Crippen molar-refractivity contribution in [3.63, 3.8) is 0 Å². The summed E-state index contributed by atoms with van der Waals surface area (Å²) in [5.41, 5.74) is 6.14. The Labute approximate surface area is 114 Å². The maximum Gasteiger partial charge on any atom is 0.325 e. The number of carbonyl (C=O) groups is 1. The number of hydrogen-bond acceptors (Lipinski definition) is 4. The Hall–Kier alpha value is -1.55. The van der Waals surface area contributed by atoms with Gasteiger partial charge in [-0.25, -0.2) is 0 Å². The van der Waals surface area contributed by atoms with Gasteiger partial charge in [0.15, 0.2) is 0 Å². The molecule has 1 aromatic rings. The third kappa shape index (κ3) is 5.30. The topological polar surface area (TPSA) is 61.5 Å². The second-order valence-corrected chi connectivity index (χ2v) is 5.03. The van der Waals surface area contributed by atoms with Gasteiger partial charge < -0.3 is 15.2 Å². The van der Waals surface area contributed by atoms with Gasteiger partial charge in [-0.05, 0) is 50.8 Å². The van der Waals surface area contributed by atoms with Crippen LogP contribution in [0.3, 0.4) is 0 Å². The highest BCUT2D eigenvalue weighted by Crippen LogP contribution is 2.15. The van der Waals surface area contributed by atoms with Crippen molar-refractivity contribution >= 4 is 5.97 Å². The maximum absolute atomic E-state index is 11.4. The van der Waals surface area contributed by atoms with Crippen molar-refractivity contribution in [3.05, 3.63) is 29.8 Å². The van der Waals surface area contributed by atoms with E-state index in [1.165, 1.54) is 12.7 Å². The lowest BCUT2D eigenvalue weighted by Gasteiger charge is -2.21. The average Bonchev–Trinajstić information content (AvgIpc) is 2.37. The molecule has 0 aliphatic rings. The lowest BCUT2D eigenvalue weighted by atomic mass is 9.96. The lowest BCUT2D eigenvalue weighted by Crippen LogP contribution is -2.45.